The molecule has 0 bridgehead atoms. The minimum atomic E-state index is 0.628. The number of benzene rings is 1. The van der Waals surface area contributed by atoms with Crippen LogP contribution in [0.4, 0.5) is 5.82 Å². The molecule has 0 aliphatic carbocycles. The van der Waals surface area contributed by atoms with Gasteiger partial charge in [-0.05, 0) is 40.2 Å². The Kier molecular flexibility index (Phi) is 4.63. The van der Waals surface area contributed by atoms with Crippen LogP contribution in [0.3, 0.4) is 0 Å². The molecule has 0 saturated heterocycles. The van der Waals surface area contributed by atoms with Gasteiger partial charge < -0.3 is 14.8 Å². The Morgan fingerprint density at radius 1 is 1.21 bits per heavy atom. The summed E-state index contributed by atoms with van der Waals surface area (Å²) in [4.78, 5) is 4.26. The first-order chi connectivity index (χ1) is 9.24. The summed E-state index contributed by atoms with van der Waals surface area (Å²) in [6.45, 7) is 0.628. The number of hydrogen-bond acceptors (Lipinski definition) is 4. The Labute approximate surface area is 120 Å². The average molecular weight is 323 g/mol. The van der Waals surface area contributed by atoms with Crippen molar-refractivity contribution in [2.45, 2.75) is 6.54 Å². The van der Waals surface area contributed by atoms with Crippen molar-refractivity contribution in [2.75, 3.05) is 19.5 Å². The maximum atomic E-state index is 5.35. The molecule has 0 unspecified atom stereocenters. The van der Waals surface area contributed by atoms with Crippen LogP contribution in [0.15, 0.2) is 41.0 Å². The van der Waals surface area contributed by atoms with Gasteiger partial charge in [-0.1, -0.05) is 0 Å². The first-order valence-electron chi connectivity index (χ1n) is 5.80. The second-order valence-electron chi connectivity index (χ2n) is 3.87. The largest absolute Gasteiger partial charge is 0.497 e. The van der Waals surface area contributed by atoms with E-state index in [2.05, 4.69) is 26.2 Å². The monoisotopic (exact) mass is 322 g/mol. The fourth-order valence-corrected chi connectivity index (χ4v) is 2.09. The molecule has 0 aliphatic heterocycles. The van der Waals surface area contributed by atoms with Gasteiger partial charge in [0, 0.05) is 24.4 Å². The maximum absolute atomic E-state index is 5.35. The Hall–Kier alpha value is -1.75. The van der Waals surface area contributed by atoms with Crippen molar-refractivity contribution >= 4 is 21.7 Å². The first-order valence-corrected chi connectivity index (χ1v) is 6.59. The van der Waals surface area contributed by atoms with Crippen LogP contribution >= 0.6 is 15.9 Å². The van der Waals surface area contributed by atoms with Gasteiger partial charge in [0.05, 0.1) is 18.7 Å². The summed E-state index contributed by atoms with van der Waals surface area (Å²) in [5.74, 6) is 2.37. The summed E-state index contributed by atoms with van der Waals surface area (Å²) in [5.41, 5.74) is 1.04. The quantitative estimate of drug-likeness (QED) is 0.915. The van der Waals surface area contributed by atoms with Gasteiger partial charge in [0.2, 0.25) is 0 Å². The third kappa shape index (κ3) is 3.38. The van der Waals surface area contributed by atoms with Crippen molar-refractivity contribution in [1.82, 2.24) is 4.98 Å². The van der Waals surface area contributed by atoms with Crippen LogP contribution in [-0.4, -0.2) is 19.2 Å². The lowest BCUT2D eigenvalue weighted by Gasteiger charge is -2.12. The van der Waals surface area contributed by atoms with Crippen LogP contribution in [0.5, 0.6) is 11.5 Å². The fraction of sp³-hybridized carbons (Fsp3) is 0.214. The summed E-state index contributed by atoms with van der Waals surface area (Å²) in [5, 5.41) is 3.26. The van der Waals surface area contributed by atoms with Crippen molar-refractivity contribution in [2.24, 2.45) is 0 Å². The van der Waals surface area contributed by atoms with Crippen molar-refractivity contribution in [3.63, 3.8) is 0 Å². The van der Waals surface area contributed by atoms with Gasteiger partial charge >= 0.3 is 0 Å². The van der Waals surface area contributed by atoms with Crippen LogP contribution in [0.25, 0.3) is 0 Å². The van der Waals surface area contributed by atoms with E-state index in [1.54, 1.807) is 20.4 Å². The molecule has 0 amide bonds. The zero-order chi connectivity index (χ0) is 13.7. The molecule has 0 spiro atoms. The Morgan fingerprint density at radius 3 is 2.74 bits per heavy atom. The van der Waals surface area contributed by atoms with Gasteiger partial charge in [0.15, 0.2) is 0 Å². The highest BCUT2D eigenvalue weighted by Gasteiger charge is 2.06. The predicted octanol–water partition coefficient (Wildman–Crippen LogP) is 3.47. The molecule has 5 heteroatoms. The fourth-order valence-electron chi connectivity index (χ4n) is 1.69. The number of nitrogens with zero attached hydrogens (tertiary/aromatic N) is 1. The Morgan fingerprint density at radius 2 is 2.05 bits per heavy atom. The molecule has 0 saturated carbocycles. The zero-order valence-electron chi connectivity index (χ0n) is 10.8. The lowest BCUT2D eigenvalue weighted by molar-refractivity contribution is 0.391. The third-order valence-corrected chi connectivity index (χ3v) is 3.34. The summed E-state index contributed by atoms with van der Waals surface area (Å²) in [6.07, 6.45) is 1.75. The smallest absolute Gasteiger partial charge is 0.140 e. The summed E-state index contributed by atoms with van der Waals surface area (Å²) in [7, 11) is 3.28. The second-order valence-corrected chi connectivity index (χ2v) is 4.72. The number of hydrogen-bond donors (Lipinski definition) is 1. The number of methoxy groups -OCH3 is 2. The normalized spacial score (nSPS) is 10.1. The lowest BCUT2D eigenvalue weighted by atomic mass is 10.2. The SMILES string of the molecule is COc1ccc(CNc2ncccc2Br)c(OC)c1. The van der Waals surface area contributed by atoms with Gasteiger partial charge in [0.1, 0.15) is 17.3 Å². The van der Waals surface area contributed by atoms with Crippen LogP contribution in [0, 0.1) is 0 Å². The van der Waals surface area contributed by atoms with Crippen LogP contribution < -0.4 is 14.8 Å². The van der Waals surface area contributed by atoms with Crippen LogP contribution in [0.2, 0.25) is 0 Å². The molecular weight excluding hydrogens is 308 g/mol. The number of nitrogens with one attached hydrogen (secondary N) is 1. The van der Waals surface area contributed by atoms with Crippen molar-refractivity contribution in [3.05, 3.63) is 46.6 Å². The third-order valence-electron chi connectivity index (χ3n) is 2.70. The number of aromatic nitrogens is 1. The zero-order valence-corrected chi connectivity index (χ0v) is 12.4. The van der Waals surface area contributed by atoms with Gasteiger partial charge in [-0.25, -0.2) is 4.98 Å². The van der Waals surface area contributed by atoms with Gasteiger partial charge in [0.25, 0.3) is 0 Å². The Balaban J connectivity index is 2.13. The number of ether oxygens (including phenoxy) is 2. The van der Waals surface area contributed by atoms with Crippen molar-refractivity contribution in [1.29, 1.82) is 0 Å². The molecule has 0 radical (unpaired) electrons. The molecular formula is C14H15BrN2O2. The van der Waals surface area contributed by atoms with Gasteiger partial charge in [-0.3, -0.25) is 0 Å². The van der Waals surface area contributed by atoms with E-state index in [1.807, 2.05) is 30.3 Å². The van der Waals surface area contributed by atoms with E-state index in [0.717, 1.165) is 27.4 Å². The summed E-state index contributed by atoms with van der Waals surface area (Å²) < 4.78 is 11.5. The molecule has 19 heavy (non-hydrogen) atoms. The molecule has 2 aromatic rings. The van der Waals surface area contributed by atoms with E-state index in [4.69, 9.17) is 9.47 Å². The van der Waals surface area contributed by atoms with E-state index in [0.29, 0.717) is 6.54 Å². The highest BCUT2D eigenvalue weighted by Crippen LogP contribution is 2.26. The van der Waals surface area contributed by atoms with Crippen LogP contribution in [-0.2, 0) is 6.54 Å². The number of rotatable bonds is 5. The lowest BCUT2D eigenvalue weighted by Crippen LogP contribution is -2.03. The maximum Gasteiger partial charge on any atom is 0.140 e. The topological polar surface area (TPSA) is 43.4 Å². The summed E-state index contributed by atoms with van der Waals surface area (Å²) in [6, 6.07) is 9.57. The van der Waals surface area contributed by atoms with Crippen LogP contribution in [0.1, 0.15) is 5.56 Å². The van der Waals surface area contributed by atoms with Crippen molar-refractivity contribution in [3.8, 4) is 11.5 Å². The number of pyridine rings is 1. The predicted molar refractivity (Wildman–Crippen MR) is 78.8 cm³/mol. The van der Waals surface area contributed by atoms with Gasteiger partial charge in [-0.2, -0.15) is 0 Å². The molecule has 100 valence electrons. The van der Waals surface area contributed by atoms with E-state index in [9.17, 15) is 0 Å². The van der Waals surface area contributed by atoms with Crippen molar-refractivity contribution < 1.29 is 9.47 Å². The minimum Gasteiger partial charge on any atom is -0.497 e. The highest BCUT2D eigenvalue weighted by molar-refractivity contribution is 9.10. The van der Waals surface area contributed by atoms with Gasteiger partial charge in [-0.15, -0.1) is 0 Å². The Bertz CT molecular complexity index is 561. The van der Waals surface area contributed by atoms with E-state index in [1.165, 1.54) is 0 Å². The molecule has 1 aromatic heterocycles. The average Bonchev–Trinajstić information content (AvgIpc) is 2.46. The molecule has 1 aromatic carbocycles. The molecule has 2 rings (SSSR count). The molecule has 4 nitrogen and oxygen atoms in total. The second kappa shape index (κ2) is 6.43. The molecule has 0 aliphatic rings. The molecule has 0 atom stereocenters. The van der Waals surface area contributed by atoms with E-state index < -0.39 is 0 Å². The standard InChI is InChI=1S/C14H15BrN2O2/c1-18-11-6-5-10(13(8-11)19-2)9-17-14-12(15)4-3-7-16-14/h3-8H,9H2,1-2H3,(H,16,17). The highest BCUT2D eigenvalue weighted by atomic mass is 79.9. The number of anilines is 1. The molecule has 0 fully saturated rings. The first kappa shape index (κ1) is 13.7. The molecule has 1 heterocycles. The molecule has 1 N–H and O–H groups in total. The van der Waals surface area contributed by atoms with E-state index >= 15 is 0 Å². The number of halogens is 1. The summed E-state index contributed by atoms with van der Waals surface area (Å²) >= 11 is 3.45. The van der Waals surface area contributed by atoms with E-state index in [-0.39, 0.29) is 0 Å². The minimum absolute atomic E-state index is 0.628.